The van der Waals surface area contributed by atoms with Crippen molar-refractivity contribution in [2.24, 2.45) is 0 Å². The molecule has 0 aliphatic rings. The quantitative estimate of drug-likeness (QED) is 0.844. The molecule has 0 fully saturated rings. The molecule has 5 heteroatoms. The van der Waals surface area contributed by atoms with Crippen LogP contribution in [0.15, 0.2) is 18.3 Å². The molecule has 1 heterocycles. The molecule has 84 valence electrons. The van der Waals surface area contributed by atoms with E-state index in [0.29, 0.717) is 10.8 Å². The highest BCUT2D eigenvalue weighted by molar-refractivity contribution is 6.31. The van der Waals surface area contributed by atoms with E-state index in [0.717, 1.165) is 22.4 Å². The Bertz CT molecular complexity index is 522. The van der Waals surface area contributed by atoms with E-state index in [4.69, 9.17) is 22.1 Å². The van der Waals surface area contributed by atoms with Crippen molar-refractivity contribution in [1.82, 2.24) is 10.2 Å². The number of ether oxygens (including phenoxy) is 1. The van der Waals surface area contributed by atoms with E-state index in [1.165, 1.54) is 0 Å². The number of nitrogens with two attached hydrogens (primary N) is 1. The molecule has 1 aromatic heterocycles. The number of methoxy groups -OCH3 is 1. The summed E-state index contributed by atoms with van der Waals surface area (Å²) >= 11 is 6.09. The minimum absolute atomic E-state index is 0.503. The van der Waals surface area contributed by atoms with E-state index in [9.17, 15) is 0 Å². The molecular weight excluding hydrogens is 226 g/mol. The molecule has 3 N–H and O–H groups in total. The number of aromatic nitrogens is 2. The van der Waals surface area contributed by atoms with Gasteiger partial charge in [-0.2, -0.15) is 5.10 Å². The van der Waals surface area contributed by atoms with Crippen molar-refractivity contribution in [3.8, 4) is 16.9 Å². The molecule has 0 saturated carbocycles. The minimum Gasteiger partial charge on any atom is -0.496 e. The number of nitrogens with one attached hydrogen (secondary N) is 1. The molecule has 2 aromatic rings. The van der Waals surface area contributed by atoms with E-state index in [-0.39, 0.29) is 0 Å². The summed E-state index contributed by atoms with van der Waals surface area (Å²) in [5, 5.41) is 7.27. The molecule has 0 bridgehead atoms. The Hall–Kier alpha value is -1.68. The van der Waals surface area contributed by atoms with Crippen LogP contribution in [0.4, 0.5) is 5.82 Å². The zero-order valence-electron chi connectivity index (χ0n) is 9.04. The molecule has 1 aromatic carbocycles. The van der Waals surface area contributed by atoms with Gasteiger partial charge in [0, 0.05) is 16.1 Å². The lowest BCUT2D eigenvalue weighted by atomic mass is 10.0. The van der Waals surface area contributed by atoms with Gasteiger partial charge in [-0.25, -0.2) is 0 Å². The fourth-order valence-corrected chi connectivity index (χ4v) is 1.82. The molecule has 4 nitrogen and oxygen atoms in total. The number of aromatic amines is 1. The van der Waals surface area contributed by atoms with Crippen LogP contribution < -0.4 is 10.5 Å². The first kappa shape index (κ1) is 10.8. The lowest BCUT2D eigenvalue weighted by Gasteiger charge is -2.12. The van der Waals surface area contributed by atoms with Gasteiger partial charge < -0.3 is 10.5 Å². The lowest BCUT2D eigenvalue weighted by Crippen LogP contribution is -1.94. The normalized spacial score (nSPS) is 10.4. The first-order valence-electron chi connectivity index (χ1n) is 4.77. The van der Waals surface area contributed by atoms with Gasteiger partial charge in [-0.3, -0.25) is 5.10 Å². The Balaban J connectivity index is 2.72. The topological polar surface area (TPSA) is 63.9 Å². The second kappa shape index (κ2) is 4.06. The Labute approximate surface area is 98.4 Å². The lowest BCUT2D eigenvalue weighted by molar-refractivity contribution is 0.416. The summed E-state index contributed by atoms with van der Waals surface area (Å²) in [5.41, 5.74) is 8.40. The third-order valence-electron chi connectivity index (χ3n) is 2.52. The van der Waals surface area contributed by atoms with Crippen LogP contribution in [-0.4, -0.2) is 17.3 Å². The van der Waals surface area contributed by atoms with E-state index in [2.05, 4.69) is 10.2 Å². The van der Waals surface area contributed by atoms with Crippen molar-refractivity contribution < 1.29 is 4.74 Å². The van der Waals surface area contributed by atoms with Crippen molar-refractivity contribution in [2.75, 3.05) is 12.8 Å². The number of hydrogen-bond donors (Lipinski definition) is 2. The minimum atomic E-state index is 0.503. The standard InChI is InChI=1S/C11H12ClN3O/c1-6-8(12)3-4-9(16-2)10(6)7-5-14-15-11(7)13/h3-5H,1-2H3,(H3,13,14,15). The van der Waals surface area contributed by atoms with Gasteiger partial charge in [-0.15, -0.1) is 0 Å². The summed E-state index contributed by atoms with van der Waals surface area (Å²) in [7, 11) is 1.61. The number of anilines is 1. The molecule has 0 saturated heterocycles. The number of rotatable bonds is 2. The predicted molar refractivity (Wildman–Crippen MR) is 64.7 cm³/mol. The highest BCUT2D eigenvalue weighted by Gasteiger charge is 2.15. The summed E-state index contributed by atoms with van der Waals surface area (Å²) in [6, 6.07) is 3.62. The van der Waals surface area contributed by atoms with E-state index in [1.807, 2.05) is 13.0 Å². The fourth-order valence-electron chi connectivity index (χ4n) is 1.66. The second-order valence-electron chi connectivity index (χ2n) is 3.45. The Kier molecular flexibility index (Phi) is 2.75. The largest absolute Gasteiger partial charge is 0.496 e. The van der Waals surface area contributed by atoms with Crippen LogP contribution in [0.25, 0.3) is 11.1 Å². The molecule has 0 aliphatic heterocycles. The van der Waals surface area contributed by atoms with Crippen molar-refractivity contribution in [2.45, 2.75) is 6.92 Å². The summed E-state index contributed by atoms with van der Waals surface area (Å²) in [5.74, 6) is 1.23. The van der Waals surface area contributed by atoms with Gasteiger partial charge in [0.05, 0.1) is 13.3 Å². The molecule has 0 aliphatic carbocycles. The predicted octanol–water partition coefficient (Wildman–Crippen LogP) is 2.63. The third-order valence-corrected chi connectivity index (χ3v) is 2.93. The monoisotopic (exact) mass is 237 g/mol. The molecule has 0 amide bonds. The smallest absolute Gasteiger partial charge is 0.127 e. The van der Waals surface area contributed by atoms with Gasteiger partial charge in [0.15, 0.2) is 0 Å². The van der Waals surface area contributed by atoms with Crippen molar-refractivity contribution in [3.05, 3.63) is 28.9 Å². The Morgan fingerprint density at radius 3 is 2.75 bits per heavy atom. The first-order chi connectivity index (χ1) is 7.65. The molecular formula is C11H12ClN3O. The summed E-state index contributed by atoms with van der Waals surface area (Å²) in [6.07, 6.45) is 1.66. The van der Waals surface area contributed by atoms with Crippen LogP contribution in [0.1, 0.15) is 5.56 Å². The maximum Gasteiger partial charge on any atom is 0.127 e. The number of hydrogen-bond acceptors (Lipinski definition) is 3. The number of halogens is 1. The molecule has 16 heavy (non-hydrogen) atoms. The molecule has 0 unspecified atom stereocenters. The van der Waals surface area contributed by atoms with Gasteiger partial charge in [-0.05, 0) is 24.6 Å². The number of H-pyrrole nitrogens is 1. The number of benzene rings is 1. The number of nitrogen functional groups attached to an aromatic ring is 1. The van der Waals surface area contributed by atoms with E-state index < -0.39 is 0 Å². The van der Waals surface area contributed by atoms with E-state index >= 15 is 0 Å². The highest BCUT2D eigenvalue weighted by atomic mass is 35.5. The Morgan fingerprint density at radius 1 is 1.44 bits per heavy atom. The average Bonchev–Trinajstić information content (AvgIpc) is 2.68. The summed E-state index contributed by atoms with van der Waals surface area (Å²) in [4.78, 5) is 0. The highest BCUT2D eigenvalue weighted by Crippen LogP contribution is 2.38. The van der Waals surface area contributed by atoms with Gasteiger partial charge >= 0.3 is 0 Å². The van der Waals surface area contributed by atoms with Crippen LogP contribution in [0.3, 0.4) is 0 Å². The van der Waals surface area contributed by atoms with Crippen molar-refractivity contribution in [3.63, 3.8) is 0 Å². The molecule has 0 radical (unpaired) electrons. The Morgan fingerprint density at radius 2 is 2.19 bits per heavy atom. The zero-order chi connectivity index (χ0) is 11.7. The second-order valence-corrected chi connectivity index (χ2v) is 3.85. The average molecular weight is 238 g/mol. The SMILES string of the molecule is COc1ccc(Cl)c(C)c1-c1cn[nH]c1N. The summed E-state index contributed by atoms with van der Waals surface area (Å²) in [6.45, 7) is 1.92. The van der Waals surface area contributed by atoms with Crippen LogP contribution in [0.2, 0.25) is 5.02 Å². The van der Waals surface area contributed by atoms with E-state index in [1.54, 1.807) is 19.4 Å². The maximum absolute atomic E-state index is 6.09. The van der Waals surface area contributed by atoms with Gasteiger partial charge in [0.25, 0.3) is 0 Å². The fraction of sp³-hybridized carbons (Fsp3) is 0.182. The molecule has 0 atom stereocenters. The zero-order valence-corrected chi connectivity index (χ0v) is 9.80. The van der Waals surface area contributed by atoms with Crippen LogP contribution in [0.5, 0.6) is 5.75 Å². The summed E-state index contributed by atoms with van der Waals surface area (Å²) < 4.78 is 5.30. The first-order valence-corrected chi connectivity index (χ1v) is 5.15. The molecule has 0 spiro atoms. The van der Waals surface area contributed by atoms with Crippen LogP contribution >= 0.6 is 11.6 Å². The van der Waals surface area contributed by atoms with Crippen LogP contribution in [0, 0.1) is 6.92 Å². The molecule has 2 rings (SSSR count). The van der Waals surface area contributed by atoms with Crippen LogP contribution in [-0.2, 0) is 0 Å². The number of nitrogens with zero attached hydrogens (tertiary/aromatic N) is 1. The van der Waals surface area contributed by atoms with Crippen molar-refractivity contribution >= 4 is 17.4 Å². The van der Waals surface area contributed by atoms with Gasteiger partial charge in [-0.1, -0.05) is 11.6 Å². The van der Waals surface area contributed by atoms with Crippen molar-refractivity contribution in [1.29, 1.82) is 0 Å². The maximum atomic E-state index is 6.09. The van der Waals surface area contributed by atoms with Gasteiger partial charge in [0.1, 0.15) is 11.6 Å². The third kappa shape index (κ3) is 1.61. The van der Waals surface area contributed by atoms with Gasteiger partial charge in [0.2, 0.25) is 0 Å².